The minimum absolute atomic E-state index is 0.312. The van der Waals surface area contributed by atoms with Gasteiger partial charge >= 0.3 is 5.97 Å². The summed E-state index contributed by atoms with van der Waals surface area (Å²) in [4.78, 5) is 11.1. The molecule has 2 nitrogen and oxygen atoms in total. The van der Waals surface area contributed by atoms with E-state index in [9.17, 15) is 9.18 Å². The topological polar surface area (TPSA) is 26.3 Å². The fourth-order valence-electron chi connectivity index (χ4n) is 0.875. The molecule has 14 heavy (non-hydrogen) atoms. The largest absolute Gasteiger partial charge is 0.423 e. The van der Waals surface area contributed by atoms with E-state index in [1.165, 1.54) is 18.2 Å². The van der Waals surface area contributed by atoms with Gasteiger partial charge in [0.05, 0.1) is 0 Å². The minimum atomic E-state index is -0.504. The Kier molecular flexibility index (Phi) is 3.02. The number of hydrogen-bond acceptors (Lipinski definition) is 2. The Morgan fingerprint density at radius 2 is 2.14 bits per heavy atom. The molecule has 0 aliphatic rings. The average Bonchev–Trinajstić information content (AvgIpc) is 2.11. The van der Waals surface area contributed by atoms with Crippen molar-refractivity contribution >= 4 is 5.97 Å². The number of ether oxygens (including phenoxy) is 1. The molecule has 0 unspecified atom stereocenters. The zero-order chi connectivity index (χ0) is 10.7. The first-order valence-corrected chi connectivity index (χ1v) is 4.14. The summed E-state index contributed by atoms with van der Waals surface area (Å²) >= 11 is 0. The fourth-order valence-corrected chi connectivity index (χ4v) is 0.875. The molecule has 0 aliphatic heterocycles. The van der Waals surface area contributed by atoms with Crippen molar-refractivity contribution in [3.8, 4) is 5.75 Å². The van der Waals surface area contributed by atoms with E-state index in [1.807, 2.05) is 0 Å². The van der Waals surface area contributed by atoms with Crippen molar-refractivity contribution in [2.24, 2.45) is 0 Å². The van der Waals surface area contributed by atoms with Gasteiger partial charge < -0.3 is 4.74 Å². The zero-order valence-electron chi connectivity index (χ0n) is 8.13. The SMILES string of the molecule is C=C(C)C(=O)Oc1ccc(F)c(C)c1. The molecule has 0 amide bonds. The number of hydrogen-bond donors (Lipinski definition) is 0. The van der Waals surface area contributed by atoms with Crippen LogP contribution in [0.1, 0.15) is 12.5 Å². The van der Waals surface area contributed by atoms with E-state index in [-0.39, 0.29) is 5.82 Å². The number of benzene rings is 1. The highest BCUT2D eigenvalue weighted by molar-refractivity contribution is 5.88. The Bertz CT molecular complexity index is 383. The highest BCUT2D eigenvalue weighted by Crippen LogP contribution is 2.16. The van der Waals surface area contributed by atoms with Crippen molar-refractivity contribution < 1.29 is 13.9 Å². The monoisotopic (exact) mass is 194 g/mol. The molecule has 0 bridgehead atoms. The fraction of sp³-hybridized carbons (Fsp3) is 0.182. The molecule has 0 radical (unpaired) electrons. The van der Waals surface area contributed by atoms with Crippen molar-refractivity contribution in [2.75, 3.05) is 0 Å². The van der Waals surface area contributed by atoms with Gasteiger partial charge in [0.1, 0.15) is 11.6 Å². The van der Waals surface area contributed by atoms with Gasteiger partial charge in [0, 0.05) is 5.57 Å². The van der Waals surface area contributed by atoms with Gasteiger partial charge in [-0.2, -0.15) is 0 Å². The average molecular weight is 194 g/mol. The maximum absolute atomic E-state index is 12.8. The predicted molar refractivity (Wildman–Crippen MR) is 51.6 cm³/mol. The third-order valence-corrected chi connectivity index (χ3v) is 1.69. The first-order chi connectivity index (χ1) is 6.50. The van der Waals surface area contributed by atoms with Crippen molar-refractivity contribution in [1.82, 2.24) is 0 Å². The van der Waals surface area contributed by atoms with Crippen LogP contribution >= 0.6 is 0 Å². The van der Waals surface area contributed by atoms with Crippen LogP contribution < -0.4 is 4.74 Å². The molecule has 0 saturated carbocycles. The number of esters is 1. The lowest BCUT2D eigenvalue weighted by Gasteiger charge is -2.04. The van der Waals surface area contributed by atoms with Crippen molar-refractivity contribution in [3.05, 3.63) is 41.7 Å². The van der Waals surface area contributed by atoms with Crippen LogP contribution in [-0.2, 0) is 4.79 Å². The van der Waals surface area contributed by atoms with E-state index in [4.69, 9.17) is 4.74 Å². The molecular weight excluding hydrogens is 183 g/mol. The quantitative estimate of drug-likeness (QED) is 0.411. The Hall–Kier alpha value is -1.64. The molecule has 1 aromatic rings. The predicted octanol–water partition coefficient (Wildman–Crippen LogP) is 2.62. The van der Waals surface area contributed by atoms with Gasteiger partial charge in [0.2, 0.25) is 0 Å². The zero-order valence-corrected chi connectivity index (χ0v) is 8.13. The summed E-state index contributed by atoms with van der Waals surface area (Å²) in [6.07, 6.45) is 0. The van der Waals surface area contributed by atoms with E-state index in [1.54, 1.807) is 13.8 Å². The Morgan fingerprint density at radius 1 is 1.50 bits per heavy atom. The summed E-state index contributed by atoms with van der Waals surface area (Å²) in [7, 11) is 0. The second kappa shape index (κ2) is 4.05. The van der Waals surface area contributed by atoms with Crippen molar-refractivity contribution in [1.29, 1.82) is 0 Å². The van der Waals surface area contributed by atoms with Crippen molar-refractivity contribution in [2.45, 2.75) is 13.8 Å². The van der Waals surface area contributed by atoms with Gasteiger partial charge in [0.15, 0.2) is 0 Å². The summed E-state index contributed by atoms with van der Waals surface area (Å²) in [6.45, 7) is 6.60. The first kappa shape index (κ1) is 10.4. The van der Waals surface area contributed by atoms with Crippen LogP contribution in [0.3, 0.4) is 0 Å². The van der Waals surface area contributed by atoms with Crippen LogP contribution in [0.5, 0.6) is 5.75 Å². The smallest absolute Gasteiger partial charge is 0.338 e. The molecule has 0 aromatic heterocycles. The van der Waals surface area contributed by atoms with Crippen LogP contribution in [0.2, 0.25) is 0 Å². The van der Waals surface area contributed by atoms with E-state index < -0.39 is 5.97 Å². The molecule has 0 spiro atoms. The van der Waals surface area contributed by atoms with Gasteiger partial charge in [-0.15, -0.1) is 0 Å². The number of halogens is 1. The summed E-state index contributed by atoms with van der Waals surface area (Å²) in [6, 6.07) is 4.13. The van der Waals surface area contributed by atoms with Gasteiger partial charge in [-0.3, -0.25) is 0 Å². The summed E-state index contributed by atoms with van der Waals surface area (Å²) < 4.78 is 17.7. The Labute approximate surface area is 82.0 Å². The number of aryl methyl sites for hydroxylation is 1. The molecule has 0 fully saturated rings. The van der Waals surface area contributed by atoms with Gasteiger partial charge in [-0.05, 0) is 37.6 Å². The lowest BCUT2D eigenvalue weighted by molar-refractivity contribution is -0.130. The maximum Gasteiger partial charge on any atom is 0.338 e. The standard InChI is InChI=1S/C11H11FO2/c1-7(2)11(13)14-9-4-5-10(12)8(3)6-9/h4-6H,1H2,2-3H3. The molecule has 0 aliphatic carbocycles. The summed E-state index contributed by atoms with van der Waals surface area (Å²) in [5.74, 6) is -0.493. The second-order valence-corrected chi connectivity index (χ2v) is 3.08. The van der Waals surface area contributed by atoms with Crippen LogP contribution in [0, 0.1) is 12.7 Å². The van der Waals surface area contributed by atoms with E-state index >= 15 is 0 Å². The molecule has 0 atom stereocenters. The van der Waals surface area contributed by atoms with Crippen LogP contribution in [0.25, 0.3) is 0 Å². The summed E-state index contributed by atoms with van der Waals surface area (Å²) in [5, 5.41) is 0. The van der Waals surface area contributed by atoms with Crippen LogP contribution in [0.4, 0.5) is 4.39 Å². The lowest BCUT2D eigenvalue weighted by atomic mass is 10.2. The molecule has 3 heteroatoms. The first-order valence-electron chi connectivity index (χ1n) is 4.14. The maximum atomic E-state index is 12.8. The highest BCUT2D eigenvalue weighted by atomic mass is 19.1. The minimum Gasteiger partial charge on any atom is -0.423 e. The lowest BCUT2D eigenvalue weighted by Crippen LogP contribution is -2.08. The third-order valence-electron chi connectivity index (χ3n) is 1.69. The van der Waals surface area contributed by atoms with Crippen LogP contribution in [-0.4, -0.2) is 5.97 Å². The second-order valence-electron chi connectivity index (χ2n) is 3.08. The van der Waals surface area contributed by atoms with Gasteiger partial charge in [-0.25, -0.2) is 9.18 Å². The molecular formula is C11H11FO2. The number of carbonyl (C=O) groups excluding carboxylic acids is 1. The Balaban J connectivity index is 2.83. The Morgan fingerprint density at radius 3 is 2.64 bits per heavy atom. The van der Waals surface area contributed by atoms with E-state index in [2.05, 4.69) is 6.58 Å². The normalized spacial score (nSPS) is 9.64. The van der Waals surface area contributed by atoms with Gasteiger partial charge in [0.25, 0.3) is 0 Å². The van der Waals surface area contributed by atoms with E-state index in [0.717, 1.165) is 0 Å². The molecule has 0 heterocycles. The van der Waals surface area contributed by atoms with E-state index in [0.29, 0.717) is 16.9 Å². The molecule has 74 valence electrons. The summed E-state index contributed by atoms with van der Waals surface area (Å²) in [5.41, 5.74) is 0.754. The molecule has 1 aromatic carbocycles. The third kappa shape index (κ3) is 2.42. The highest BCUT2D eigenvalue weighted by Gasteiger charge is 2.06. The van der Waals surface area contributed by atoms with Gasteiger partial charge in [-0.1, -0.05) is 6.58 Å². The molecule has 1 rings (SSSR count). The number of rotatable bonds is 2. The van der Waals surface area contributed by atoms with Crippen molar-refractivity contribution in [3.63, 3.8) is 0 Å². The number of carbonyl (C=O) groups is 1. The van der Waals surface area contributed by atoms with Crippen LogP contribution in [0.15, 0.2) is 30.4 Å². The molecule has 0 saturated heterocycles. The molecule has 0 N–H and O–H groups in total.